The zero-order valence-corrected chi connectivity index (χ0v) is 21.0. The molecule has 2 atom stereocenters. The molecule has 0 aliphatic heterocycles. The summed E-state index contributed by atoms with van der Waals surface area (Å²) in [5.41, 5.74) is 1.65. The van der Waals surface area contributed by atoms with Gasteiger partial charge in [-0.05, 0) is 39.7 Å². The van der Waals surface area contributed by atoms with Gasteiger partial charge in [0.2, 0.25) is 0 Å². The minimum Gasteiger partial charge on any atom is -0.507 e. The summed E-state index contributed by atoms with van der Waals surface area (Å²) in [6.07, 6.45) is -2.91. The third-order valence-electron chi connectivity index (χ3n) is 5.77. The van der Waals surface area contributed by atoms with Crippen LogP contribution < -0.4 is 5.30 Å². The number of rotatable bonds is 5. The number of hydrogen-bond acceptors (Lipinski definition) is 1. The Bertz CT molecular complexity index is 920. The molecule has 0 amide bonds. The van der Waals surface area contributed by atoms with Gasteiger partial charge in [0.15, 0.2) is 0 Å². The van der Waals surface area contributed by atoms with Gasteiger partial charge in [-0.2, -0.15) is 13.2 Å². The third kappa shape index (κ3) is 5.83. The molecule has 2 aromatic carbocycles. The maximum absolute atomic E-state index is 13.7. The van der Waals surface area contributed by atoms with E-state index in [1.165, 1.54) is 6.07 Å². The van der Waals surface area contributed by atoms with E-state index in [2.05, 4.69) is 47.6 Å². The van der Waals surface area contributed by atoms with Gasteiger partial charge in [0.25, 0.3) is 0 Å². The summed E-state index contributed by atoms with van der Waals surface area (Å²) in [6, 6.07) is 9.89. The Morgan fingerprint density at radius 3 is 1.84 bits per heavy atom. The standard InChI is InChI=1S/C26H36F3OP/c1-9-14-25(8,31-21-13-11-10-12-18(21)26(27,28)29)20-16-17(23(2,3)4)15-19(22(20)30)24(5,6)7/h10-13,15-16,30-31H,9,14H2,1-8H3. The highest BCUT2D eigenvalue weighted by Gasteiger charge is 2.38. The number of aromatic hydroxyl groups is 1. The average molecular weight is 453 g/mol. The zero-order chi connectivity index (χ0) is 23.8. The molecule has 0 radical (unpaired) electrons. The summed E-state index contributed by atoms with van der Waals surface area (Å²) in [4.78, 5) is 0. The van der Waals surface area contributed by atoms with Crippen molar-refractivity contribution in [1.29, 1.82) is 0 Å². The van der Waals surface area contributed by atoms with Crippen LogP contribution in [0.1, 0.15) is 90.5 Å². The highest BCUT2D eigenvalue weighted by atomic mass is 31.1. The number of phenols is 1. The monoisotopic (exact) mass is 452 g/mol. The van der Waals surface area contributed by atoms with Crippen LogP contribution in [0.5, 0.6) is 5.75 Å². The van der Waals surface area contributed by atoms with Gasteiger partial charge < -0.3 is 5.11 Å². The van der Waals surface area contributed by atoms with Crippen LogP contribution in [0.25, 0.3) is 0 Å². The van der Waals surface area contributed by atoms with E-state index in [1.807, 2.05) is 19.9 Å². The summed E-state index contributed by atoms with van der Waals surface area (Å²) in [7, 11) is -0.119. The molecule has 5 heteroatoms. The van der Waals surface area contributed by atoms with E-state index in [1.54, 1.807) is 12.1 Å². The van der Waals surface area contributed by atoms with E-state index in [4.69, 9.17) is 0 Å². The molecule has 2 rings (SSSR count). The highest BCUT2D eigenvalue weighted by Crippen LogP contribution is 2.52. The first-order chi connectivity index (χ1) is 14.0. The molecule has 0 saturated heterocycles. The SMILES string of the molecule is CCCC(C)(Pc1ccccc1C(F)(F)F)c1cc(C(C)(C)C)cc(C(C)(C)C)c1O. The Balaban J connectivity index is 2.77. The lowest BCUT2D eigenvalue weighted by atomic mass is 9.77. The van der Waals surface area contributed by atoms with Crippen molar-refractivity contribution in [2.75, 3.05) is 0 Å². The van der Waals surface area contributed by atoms with Crippen molar-refractivity contribution in [2.24, 2.45) is 0 Å². The number of alkyl halides is 3. The molecule has 2 aromatic rings. The minimum absolute atomic E-state index is 0.119. The zero-order valence-electron chi connectivity index (χ0n) is 20.0. The van der Waals surface area contributed by atoms with E-state index in [-0.39, 0.29) is 25.2 Å². The van der Waals surface area contributed by atoms with Crippen molar-refractivity contribution in [2.45, 2.75) is 90.4 Å². The van der Waals surface area contributed by atoms with Crippen molar-refractivity contribution in [3.05, 3.63) is 58.7 Å². The lowest BCUT2D eigenvalue weighted by Crippen LogP contribution is -2.26. The van der Waals surface area contributed by atoms with Gasteiger partial charge in [0.1, 0.15) is 5.75 Å². The molecular weight excluding hydrogens is 416 g/mol. The summed E-state index contributed by atoms with van der Waals surface area (Å²) in [5, 5.41) is 11.1. The molecular formula is C26H36F3OP. The van der Waals surface area contributed by atoms with Crippen molar-refractivity contribution < 1.29 is 18.3 Å². The van der Waals surface area contributed by atoms with Gasteiger partial charge in [-0.25, -0.2) is 0 Å². The Labute approximate surface area is 187 Å². The fourth-order valence-electron chi connectivity index (χ4n) is 3.96. The Morgan fingerprint density at radius 2 is 1.35 bits per heavy atom. The molecule has 1 N–H and O–H groups in total. The van der Waals surface area contributed by atoms with Crippen molar-refractivity contribution in [3.63, 3.8) is 0 Å². The fourth-order valence-corrected chi connectivity index (χ4v) is 5.79. The van der Waals surface area contributed by atoms with E-state index < -0.39 is 16.9 Å². The van der Waals surface area contributed by atoms with Crippen LogP contribution in [0.2, 0.25) is 0 Å². The maximum atomic E-state index is 13.7. The van der Waals surface area contributed by atoms with Crippen LogP contribution in [0.3, 0.4) is 0 Å². The lowest BCUT2D eigenvalue weighted by Gasteiger charge is -2.36. The number of phenolic OH excluding ortho intramolecular Hbond substituents is 1. The first kappa shape index (κ1) is 25.7. The van der Waals surface area contributed by atoms with Crippen LogP contribution >= 0.6 is 8.58 Å². The van der Waals surface area contributed by atoms with Crippen LogP contribution in [0, 0.1) is 0 Å². The average Bonchev–Trinajstić information content (AvgIpc) is 2.59. The van der Waals surface area contributed by atoms with E-state index in [0.717, 1.165) is 29.2 Å². The van der Waals surface area contributed by atoms with E-state index >= 15 is 0 Å². The number of halogens is 3. The Kier molecular flexibility index (Phi) is 7.28. The smallest absolute Gasteiger partial charge is 0.417 e. The second-order valence-corrected chi connectivity index (χ2v) is 12.6. The molecule has 1 nitrogen and oxygen atoms in total. The van der Waals surface area contributed by atoms with Crippen LogP contribution in [-0.4, -0.2) is 5.11 Å². The van der Waals surface area contributed by atoms with Crippen LogP contribution in [-0.2, 0) is 22.2 Å². The summed E-state index contributed by atoms with van der Waals surface area (Å²) >= 11 is 0. The molecule has 2 unspecified atom stereocenters. The first-order valence-corrected chi connectivity index (χ1v) is 11.8. The molecule has 0 spiro atoms. The molecule has 0 aromatic heterocycles. The molecule has 0 heterocycles. The second-order valence-electron chi connectivity index (χ2n) is 10.7. The third-order valence-corrected chi connectivity index (χ3v) is 7.55. The topological polar surface area (TPSA) is 20.2 Å². The molecule has 0 aliphatic rings. The van der Waals surface area contributed by atoms with Gasteiger partial charge in [-0.3, -0.25) is 0 Å². The van der Waals surface area contributed by atoms with Gasteiger partial charge in [0, 0.05) is 10.7 Å². The summed E-state index contributed by atoms with van der Waals surface area (Å²) in [5.74, 6) is 0.216. The van der Waals surface area contributed by atoms with Gasteiger partial charge in [-0.1, -0.05) is 101 Å². The van der Waals surface area contributed by atoms with Gasteiger partial charge >= 0.3 is 6.18 Å². The van der Waals surface area contributed by atoms with Crippen molar-refractivity contribution in [1.82, 2.24) is 0 Å². The highest BCUT2D eigenvalue weighted by molar-refractivity contribution is 7.48. The molecule has 0 aliphatic carbocycles. The van der Waals surface area contributed by atoms with E-state index in [0.29, 0.717) is 11.7 Å². The van der Waals surface area contributed by atoms with Crippen molar-refractivity contribution in [3.8, 4) is 5.75 Å². The summed E-state index contributed by atoms with van der Waals surface area (Å²) in [6.45, 7) is 16.5. The Hall–Kier alpha value is -1.54. The van der Waals surface area contributed by atoms with Crippen LogP contribution in [0.15, 0.2) is 36.4 Å². The van der Waals surface area contributed by atoms with Gasteiger partial charge in [-0.15, -0.1) is 0 Å². The molecule has 172 valence electrons. The fraction of sp³-hybridized carbons (Fsp3) is 0.538. The predicted molar refractivity (Wildman–Crippen MR) is 127 cm³/mol. The van der Waals surface area contributed by atoms with Gasteiger partial charge in [0.05, 0.1) is 5.56 Å². The minimum atomic E-state index is -4.40. The first-order valence-electron chi connectivity index (χ1n) is 10.8. The Morgan fingerprint density at radius 1 is 0.806 bits per heavy atom. The number of hydrogen-bond donors (Lipinski definition) is 1. The normalized spacial score (nSPS) is 15.5. The van der Waals surface area contributed by atoms with Crippen LogP contribution in [0.4, 0.5) is 13.2 Å². The summed E-state index contributed by atoms with van der Waals surface area (Å²) < 4.78 is 41.1. The quantitative estimate of drug-likeness (QED) is 0.455. The lowest BCUT2D eigenvalue weighted by molar-refractivity contribution is -0.136. The largest absolute Gasteiger partial charge is 0.507 e. The molecule has 0 fully saturated rings. The maximum Gasteiger partial charge on any atom is 0.417 e. The predicted octanol–water partition coefficient (Wildman–Crippen LogP) is 8.03. The molecule has 0 bridgehead atoms. The van der Waals surface area contributed by atoms with E-state index in [9.17, 15) is 18.3 Å². The van der Waals surface area contributed by atoms with Crippen molar-refractivity contribution >= 4 is 13.9 Å². The second kappa shape index (κ2) is 8.77. The molecule has 31 heavy (non-hydrogen) atoms. The number of benzene rings is 2. The molecule has 0 saturated carbocycles.